The highest BCUT2D eigenvalue weighted by Gasteiger charge is 2.41. The summed E-state index contributed by atoms with van der Waals surface area (Å²) in [6, 6.07) is 0. The lowest BCUT2D eigenvalue weighted by atomic mass is 9.57. The predicted octanol–water partition coefficient (Wildman–Crippen LogP) is 12.4. The van der Waals surface area contributed by atoms with E-state index in [4.69, 9.17) is 0 Å². The van der Waals surface area contributed by atoms with Gasteiger partial charge in [-0.25, -0.2) is 0 Å². The highest BCUT2D eigenvalue weighted by molar-refractivity contribution is 4.91. The third-order valence-electron chi connectivity index (χ3n) is 10.3. The van der Waals surface area contributed by atoms with Gasteiger partial charge in [0.1, 0.15) is 0 Å². The first kappa shape index (κ1) is 33.0. The molecule has 35 heavy (non-hydrogen) atoms. The van der Waals surface area contributed by atoms with Crippen LogP contribution in [0.15, 0.2) is 0 Å². The Labute approximate surface area is 224 Å². The fraction of sp³-hybridized carbons (Fsp3) is 1.00. The molecule has 0 saturated heterocycles. The average Bonchev–Trinajstić information content (AvgIpc) is 2.82. The van der Waals surface area contributed by atoms with Crippen molar-refractivity contribution in [2.45, 2.75) is 171 Å². The standard InChI is InChI=1S/C35H70/c1-10-12-14-15-16-28(5)20-24-33(17-13-11-2)35-26-32(9)34(35)25-21-29(6)19-23-31(8)30(7)22-18-27(3)4/h27-35H,10-26H2,1-9H3. The summed E-state index contributed by atoms with van der Waals surface area (Å²) in [7, 11) is 0. The van der Waals surface area contributed by atoms with Gasteiger partial charge in [0.05, 0.1) is 0 Å². The van der Waals surface area contributed by atoms with Crippen molar-refractivity contribution in [2.75, 3.05) is 0 Å². The Balaban J connectivity index is 2.43. The Kier molecular flexibility index (Phi) is 18.0. The molecule has 1 saturated carbocycles. The minimum Gasteiger partial charge on any atom is -0.0654 e. The van der Waals surface area contributed by atoms with E-state index in [1.807, 2.05) is 0 Å². The molecule has 8 atom stereocenters. The summed E-state index contributed by atoms with van der Waals surface area (Å²) in [6.07, 6.45) is 24.8. The van der Waals surface area contributed by atoms with Crippen molar-refractivity contribution in [3.63, 3.8) is 0 Å². The summed E-state index contributed by atoms with van der Waals surface area (Å²) in [6.45, 7) is 22.1. The molecule has 0 aromatic carbocycles. The van der Waals surface area contributed by atoms with Crippen LogP contribution in [0.2, 0.25) is 0 Å². The van der Waals surface area contributed by atoms with Gasteiger partial charge in [-0.1, -0.05) is 152 Å². The van der Waals surface area contributed by atoms with E-state index < -0.39 is 0 Å². The number of hydrogen-bond acceptors (Lipinski definition) is 0. The van der Waals surface area contributed by atoms with Crippen molar-refractivity contribution in [1.82, 2.24) is 0 Å². The third-order valence-corrected chi connectivity index (χ3v) is 10.3. The van der Waals surface area contributed by atoms with Crippen LogP contribution in [0.1, 0.15) is 171 Å². The summed E-state index contributed by atoms with van der Waals surface area (Å²) in [4.78, 5) is 0. The van der Waals surface area contributed by atoms with Gasteiger partial charge < -0.3 is 0 Å². The highest BCUT2D eigenvalue weighted by Crippen LogP contribution is 2.50. The lowest BCUT2D eigenvalue weighted by Crippen LogP contribution is -2.40. The predicted molar refractivity (Wildman–Crippen MR) is 161 cm³/mol. The molecule has 0 heterocycles. The van der Waals surface area contributed by atoms with E-state index in [2.05, 4.69) is 62.3 Å². The lowest BCUT2D eigenvalue weighted by Gasteiger charge is -2.48. The van der Waals surface area contributed by atoms with Crippen molar-refractivity contribution in [3.05, 3.63) is 0 Å². The van der Waals surface area contributed by atoms with Gasteiger partial charge in [-0.2, -0.15) is 0 Å². The van der Waals surface area contributed by atoms with Crippen LogP contribution in [-0.4, -0.2) is 0 Å². The molecule has 1 aliphatic rings. The van der Waals surface area contributed by atoms with Crippen molar-refractivity contribution in [3.8, 4) is 0 Å². The maximum absolute atomic E-state index is 2.57. The minimum atomic E-state index is 0.858. The highest BCUT2D eigenvalue weighted by atomic mass is 14.5. The number of rotatable bonds is 22. The molecule has 8 unspecified atom stereocenters. The molecule has 1 rings (SSSR count). The summed E-state index contributed by atoms with van der Waals surface area (Å²) in [5.74, 6) is 8.59. The van der Waals surface area contributed by atoms with Gasteiger partial charge in [-0.3, -0.25) is 0 Å². The largest absolute Gasteiger partial charge is 0.0654 e. The van der Waals surface area contributed by atoms with Crippen LogP contribution in [0.5, 0.6) is 0 Å². The molecular weight excluding hydrogens is 420 g/mol. The fourth-order valence-corrected chi connectivity index (χ4v) is 6.98. The van der Waals surface area contributed by atoms with Gasteiger partial charge in [-0.05, 0) is 72.5 Å². The third kappa shape index (κ3) is 13.9. The minimum absolute atomic E-state index is 0.858. The molecular formula is C35H70. The first-order valence-electron chi connectivity index (χ1n) is 16.7. The quantitative estimate of drug-likeness (QED) is 0.132. The Hall–Kier alpha value is 0. The van der Waals surface area contributed by atoms with Crippen LogP contribution in [-0.2, 0) is 0 Å². The van der Waals surface area contributed by atoms with Gasteiger partial charge in [0.2, 0.25) is 0 Å². The van der Waals surface area contributed by atoms with Crippen LogP contribution in [0.4, 0.5) is 0 Å². The molecule has 1 fully saturated rings. The van der Waals surface area contributed by atoms with Crippen molar-refractivity contribution < 1.29 is 0 Å². The maximum Gasteiger partial charge on any atom is -0.0352 e. The van der Waals surface area contributed by atoms with Gasteiger partial charge in [0.15, 0.2) is 0 Å². The molecule has 0 spiro atoms. The maximum atomic E-state index is 2.57. The summed E-state index contributed by atoms with van der Waals surface area (Å²) >= 11 is 0. The van der Waals surface area contributed by atoms with E-state index in [1.54, 1.807) is 0 Å². The molecule has 0 aliphatic heterocycles. The van der Waals surface area contributed by atoms with E-state index in [9.17, 15) is 0 Å². The van der Waals surface area contributed by atoms with Crippen LogP contribution >= 0.6 is 0 Å². The molecule has 0 aromatic heterocycles. The molecule has 0 heteroatoms. The number of unbranched alkanes of at least 4 members (excludes halogenated alkanes) is 4. The van der Waals surface area contributed by atoms with Crippen LogP contribution in [0, 0.1) is 53.3 Å². The van der Waals surface area contributed by atoms with E-state index in [0.717, 1.165) is 53.3 Å². The van der Waals surface area contributed by atoms with Gasteiger partial charge >= 0.3 is 0 Å². The lowest BCUT2D eigenvalue weighted by molar-refractivity contribution is 0.0133. The second-order valence-electron chi connectivity index (χ2n) is 14.2. The Morgan fingerprint density at radius 1 is 0.571 bits per heavy atom. The summed E-state index contributed by atoms with van der Waals surface area (Å²) < 4.78 is 0. The Morgan fingerprint density at radius 2 is 1.17 bits per heavy atom. The molecule has 0 aromatic rings. The topological polar surface area (TPSA) is 0 Å². The monoisotopic (exact) mass is 491 g/mol. The zero-order valence-electron chi connectivity index (χ0n) is 26.2. The fourth-order valence-electron chi connectivity index (χ4n) is 6.98. The molecule has 1 aliphatic carbocycles. The smallest absolute Gasteiger partial charge is 0.0352 e. The van der Waals surface area contributed by atoms with Crippen LogP contribution < -0.4 is 0 Å². The molecule has 0 radical (unpaired) electrons. The summed E-state index contributed by atoms with van der Waals surface area (Å²) in [5.41, 5.74) is 0. The molecule has 0 nitrogen and oxygen atoms in total. The molecule has 210 valence electrons. The average molecular weight is 491 g/mol. The van der Waals surface area contributed by atoms with Crippen LogP contribution in [0.25, 0.3) is 0 Å². The van der Waals surface area contributed by atoms with Crippen molar-refractivity contribution in [1.29, 1.82) is 0 Å². The van der Waals surface area contributed by atoms with Gasteiger partial charge in [0, 0.05) is 0 Å². The molecule has 0 bridgehead atoms. The van der Waals surface area contributed by atoms with Gasteiger partial charge in [0.25, 0.3) is 0 Å². The van der Waals surface area contributed by atoms with E-state index in [1.165, 1.54) is 109 Å². The van der Waals surface area contributed by atoms with E-state index in [0.29, 0.717) is 0 Å². The SMILES string of the molecule is CCCCCCC(C)CCC(CCCC)C1CC(C)C1CCC(C)CCC(C)C(C)CCC(C)C. The first-order valence-corrected chi connectivity index (χ1v) is 16.7. The normalized spacial score (nSPS) is 24.7. The number of hydrogen-bond donors (Lipinski definition) is 0. The zero-order chi connectivity index (χ0) is 26.2. The van der Waals surface area contributed by atoms with Crippen LogP contribution in [0.3, 0.4) is 0 Å². The Bertz CT molecular complexity index is 478. The molecule has 0 amide bonds. The second-order valence-corrected chi connectivity index (χ2v) is 14.2. The van der Waals surface area contributed by atoms with E-state index in [-0.39, 0.29) is 0 Å². The Morgan fingerprint density at radius 3 is 1.77 bits per heavy atom. The second kappa shape index (κ2) is 19.1. The van der Waals surface area contributed by atoms with Crippen molar-refractivity contribution >= 4 is 0 Å². The molecule has 0 N–H and O–H groups in total. The van der Waals surface area contributed by atoms with Gasteiger partial charge in [-0.15, -0.1) is 0 Å². The summed E-state index contributed by atoms with van der Waals surface area (Å²) in [5, 5.41) is 0. The zero-order valence-corrected chi connectivity index (χ0v) is 26.2. The van der Waals surface area contributed by atoms with Crippen molar-refractivity contribution in [2.24, 2.45) is 53.3 Å². The van der Waals surface area contributed by atoms with E-state index >= 15 is 0 Å². The first-order chi connectivity index (χ1) is 16.7.